The lowest BCUT2D eigenvalue weighted by molar-refractivity contribution is 0.280. The van der Waals surface area contributed by atoms with Crippen molar-refractivity contribution in [3.8, 4) is 11.5 Å². The van der Waals surface area contributed by atoms with Crippen LogP contribution in [-0.2, 0) is 29.1 Å². The number of hydrogen-bond donors (Lipinski definition) is 2. The predicted molar refractivity (Wildman–Crippen MR) is 281 cm³/mol. The minimum absolute atomic E-state index is 0.0818. The molecule has 2 heteroatoms. The van der Waals surface area contributed by atoms with Crippen molar-refractivity contribution in [3.63, 3.8) is 0 Å². The van der Waals surface area contributed by atoms with Crippen molar-refractivity contribution in [2.75, 3.05) is 0 Å². The van der Waals surface area contributed by atoms with E-state index >= 15 is 0 Å². The number of phenolic OH excluding ortho intramolecular Hbond substituents is 2. The van der Waals surface area contributed by atoms with Gasteiger partial charge in [0.15, 0.2) is 0 Å². The summed E-state index contributed by atoms with van der Waals surface area (Å²) in [5.74, 6) is 3.72. The highest BCUT2D eigenvalue weighted by Gasteiger charge is 2.43. The summed E-state index contributed by atoms with van der Waals surface area (Å²) in [5, 5.41) is 25.7. The summed E-state index contributed by atoms with van der Waals surface area (Å²) in [5.41, 5.74) is 7.45. The third-order valence-corrected chi connectivity index (χ3v) is 14.1. The molecule has 0 amide bonds. The van der Waals surface area contributed by atoms with Crippen LogP contribution in [0, 0.1) is 34.5 Å². The molecule has 0 aliphatic heterocycles. The molecule has 0 fully saturated rings. The quantitative estimate of drug-likeness (QED) is 0.0768. The van der Waals surface area contributed by atoms with E-state index in [9.17, 15) is 10.2 Å². The third kappa shape index (κ3) is 19.8. The Balaban J connectivity index is 3.23. The Morgan fingerprint density at radius 1 is 0.429 bits per heavy atom. The van der Waals surface area contributed by atoms with Gasteiger partial charge in [-0.15, -0.1) is 0 Å². The van der Waals surface area contributed by atoms with Gasteiger partial charge in [0.25, 0.3) is 0 Å². The van der Waals surface area contributed by atoms with Crippen molar-refractivity contribution in [1.82, 2.24) is 0 Å². The smallest absolute Gasteiger partial charge is 0.120 e. The summed E-state index contributed by atoms with van der Waals surface area (Å²) >= 11 is 0. The molecule has 0 bridgehead atoms. The summed E-state index contributed by atoms with van der Waals surface area (Å²) in [4.78, 5) is 0. The van der Waals surface area contributed by atoms with E-state index < -0.39 is 5.41 Å². The van der Waals surface area contributed by atoms with Crippen LogP contribution in [0.1, 0.15) is 286 Å². The van der Waals surface area contributed by atoms with Crippen LogP contribution in [0.25, 0.3) is 0 Å². The van der Waals surface area contributed by atoms with Crippen molar-refractivity contribution in [1.29, 1.82) is 0 Å². The zero-order valence-electron chi connectivity index (χ0n) is 45.6. The van der Waals surface area contributed by atoms with Crippen LogP contribution in [0.5, 0.6) is 11.5 Å². The van der Waals surface area contributed by atoms with Gasteiger partial charge in [-0.3, -0.25) is 0 Å². The predicted octanol–water partition coefficient (Wildman–Crippen LogP) is 19.5. The maximum absolute atomic E-state index is 13.2. The topological polar surface area (TPSA) is 40.5 Å². The highest BCUT2D eigenvalue weighted by atomic mass is 16.3. The Morgan fingerprint density at radius 2 is 0.841 bits per heavy atom. The van der Waals surface area contributed by atoms with Crippen LogP contribution in [0.15, 0.2) is 24.3 Å². The zero-order valence-corrected chi connectivity index (χ0v) is 45.6. The van der Waals surface area contributed by atoms with Gasteiger partial charge in [-0.2, -0.15) is 0 Å². The maximum atomic E-state index is 13.2. The minimum Gasteiger partial charge on any atom is -0.508 e. The Kier molecular flexibility index (Phi) is 23.4. The molecule has 2 rings (SSSR count). The van der Waals surface area contributed by atoms with E-state index in [2.05, 4.69) is 143 Å². The summed E-state index contributed by atoms with van der Waals surface area (Å²) in [7, 11) is 0. The first-order chi connectivity index (χ1) is 29.1. The lowest BCUT2D eigenvalue weighted by Gasteiger charge is -2.43. The lowest BCUT2D eigenvalue weighted by atomic mass is 9.61. The van der Waals surface area contributed by atoms with Crippen LogP contribution in [0.3, 0.4) is 0 Å². The van der Waals surface area contributed by atoms with Gasteiger partial charge in [0.1, 0.15) is 11.5 Å². The Labute approximate surface area is 394 Å². The number of aryl methyl sites for hydroxylation is 1. The van der Waals surface area contributed by atoms with E-state index in [1.807, 2.05) is 6.07 Å². The van der Waals surface area contributed by atoms with Gasteiger partial charge in [0.05, 0.1) is 0 Å². The zero-order chi connectivity index (χ0) is 47.8. The Bertz CT molecular complexity index is 1570. The van der Waals surface area contributed by atoms with Crippen LogP contribution >= 0.6 is 0 Å². The van der Waals surface area contributed by atoms with Gasteiger partial charge in [-0.25, -0.2) is 0 Å². The van der Waals surface area contributed by atoms with E-state index in [4.69, 9.17) is 0 Å². The SMILES string of the molecule is CC(C)CCCCCc1cc(O)c(C(CCCCCC(C)C)(CCCCCC(C)C)c2cc(C(C)(C)CC(C)(C)C)ccc2O)c(CCCCCC(C)C)c1C(C)(C)CC(C)(C)C. The fraction of sp³-hybridized carbons (Fsp3) is 0.803. The second-order valence-electron chi connectivity index (χ2n) is 26.3. The fourth-order valence-corrected chi connectivity index (χ4v) is 12.0. The van der Waals surface area contributed by atoms with Crippen molar-refractivity contribution < 1.29 is 10.2 Å². The lowest BCUT2D eigenvalue weighted by Crippen LogP contribution is -2.34. The molecular weight excluding hydrogens is 765 g/mol. The summed E-state index contributed by atoms with van der Waals surface area (Å²) in [6, 6.07) is 8.92. The van der Waals surface area contributed by atoms with E-state index in [-0.39, 0.29) is 21.7 Å². The van der Waals surface area contributed by atoms with Crippen molar-refractivity contribution >= 4 is 0 Å². The minimum atomic E-state index is -0.521. The van der Waals surface area contributed by atoms with Crippen LogP contribution in [0.4, 0.5) is 0 Å². The van der Waals surface area contributed by atoms with Gasteiger partial charge in [0, 0.05) is 16.5 Å². The second kappa shape index (κ2) is 25.8. The summed E-state index contributed by atoms with van der Waals surface area (Å²) in [6.45, 7) is 42.9. The molecule has 63 heavy (non-hydrogen) atoms. The van der Waals surface area contributed by atoms with E-state index in [0.29, 0.717) is 29.3 Å². The number of unbranched alkanes of at least 4 members (excludes halogenated alkanes) is 8. The molecule has 2 aromatic rings. The number of rotatable bonds is 30. The Hall–Kier alpha value is -1.96. The number of phenols is 2. The molecule has 364 valence electrons. The van der Waals surface area contributed by atoms with Gasteiger partial charge >= 0.3 is 0 Å². The molecule has 0 aliphatic carbocycles. The molecule has 2 aromatic carbocycles. The number of benzene rings is 2. The van der Waals surface area contributed by atoms with Gasteiger partial charge in [0.2, 0.25) is 0 Å². The van der Waals surface area contributed by atoms with Crippen LogP contribution in [0.2, 0.25) is 0 Å². The molecule has 0 radical (unpaired) electrons. The fourth-order valence-electron chi connectivity index (χ4n) is 12.0. The van der Waals surface area contributed by atoms with Gasteiger partial charge < -0.3 is 10.2 Å². The van der Waals surface area contributed by atoms with E-state index in [1.165, 1.54) is 105 Å². The number of aromatic hydroxyl groups is 2. The molecular formula is C61H108O2. The van der Waals surface area contributed by atoms with Crippen molar-refractivity contribution in [2.45, 2.75) is 282 Å². The molecule has 0 aliphatic rings. The molecule has 0 saturated carbocycles. The normalized spacial score (nSPS) is 13.4. The van der Waals surface area contributed by atoms with E-state index in [1.54, 1.807) is 0 Å². The summed E-state index contributed by atoms with van der Waals surface area (Å²) < 4.78 is 0. The largest absolute Gasteiger partial charge is 0.508 e. The molecule has 0 atom stereocenters. The first kappa shape index (κ1) is 57.2. The van der Waals surface area contributed by atoms with Crippen molar-refractivity contribution in [3.05, 3.63) is 57.6 Å². The molecule has 0 unspecified atom stereocenters. The average Bonchev–Trinajstić information content (AvgIpc) is 3.11. The molecule has 2 nitrogen and oxygen atoms in total. The van der Waals surface area contributed by atoms with Crippen molar-refractivity contribution in [2.24, 2.45) is 34.5 Å². The summed E-state index contributed by atoms with van der Waals surface area (Å²) in [6.07, 6.45) is 25.2. The van der Waals surface area contributed by atoms with E-state index in [0.717, 1.165) is 75.7 Å². The standard InChI is InChI=1S/C61H108O2/c1-45(2)31-23-19-27-35-49-41-54(63)56(51(36-28-20-24-32-46(3)4)55(49)60(17,18)44-58(12,13)14)61(39-29-21-25-33-47(5)6,40-30-22-26-34-48(7)8)52-42-50(37-38-53(52)62)59(15,16)43-57(9,10)11/h37-38,41-42,45-48,62-63H,19-36,39-40,43-44H2,1-18H3. The molecule has 0 spiro atoms. The van der Waals surface area contributed by atoms with Crippen LogP contribution < -0.4 is 0 Å². The first-order valence-electron chi connectivity index (χ1n) is 26.8. The maximum Gasteiger partial charge on any atom is 0.120 e. The van der Waals surface area contributed by atoms with Crippen LogP contribution in [-0.4, -0.2) is 10.2 Å². The molecule has 0 aromatic heterocycles. The molecule has 2 N–H and O–H groups in total. The second-order valence-corrected chi connectivity index (χ2v) is 26.3. The monoisotopic (exact) mass is 873 g/mol. The average molecular weight is 874 g/mol. The number of hydrogen-bond acceptors (Lipinski definition) is 2. The van der Waals surface area contributed by atoms with Gasteiger partial charge in [-0.05, 0) is 131 Å². The van der Waals surface area contributed by atoms with Gasteiger partial charge in [-0.1, -0.05) is 227 Å². The molecule has 0 heterocycles. The Morgan fingerprint density at radius 3 is 1.27 bits per heavy atom. The third-order valence-electron chi connectivity index (χ3n) is 14.1. The highest BCUT2D eigenvalue weighted by molar-refractivity contribution is 5.61. The molecule has 0 saturated heterocycles. The highest BCUT2D eigenvalue weighted by Crippen LogP contribution is 2.54. The first-order valence-corrected chi connectivity index (χ1v) is 26.8.